The Kier molecular flexibility index (Phi) is 6.02. The number of anilines is 1. The van der Waals surface area contributed by atoms with Crippen LogP contribution in [0.3, 0.4) is 0 Å². The molecule has 0 saturated heterocycles. The van der Waals surface area contributed by atoms with Crippen molar-refractivity contribution in [2.75, 3.05) is 5.32 Å². The summed E-state index contributed by atoms with van der Waals surface area (Å²) in [7, 11) is 0. The lowest BCUT2D eigenvalue weighted by molar-refractivity contribution is 0.299. The Bertz CT molecular complexity index is 1240. The van der Waals surface area contributed by atoms with Crippen molar-refractivity contribution in [3.63, 3.8) is 0 Å². The molecule has 10 nitrogen and oxygen atoms in total. The van der Waals surface area contributed by atoms with Gasteiger partial charge in [-0.05, 0) is 45.9 Å². The highest BCUT2D eigenvalue weighted by Crippen LogP contribution is 2.27. The van der Waals surface area contributed by atoms with Gasteiger partial charge in [0.2, 0.25) is 0 Å². The van der Waals surface area contributed by atoms with Crippen LogP contribution in [0.15, 0.2) is 46.1 Å². The summed E-state index contributed by atoms with van der Waals surface area (Å²) in [6.07, 6.45) is 5.17. The SMILES string of the molecule is Cc1noc(C)c1-c1c[nH]c(=O)c(NCc2ccc(OCc3cn(C(C)C)nn3)cn2)c1. The minimum Gasteiger partial charge on any atom is -0.486 e. The highest BCUT2D eigenvalue weighted by Gasteiger charge is 2.13. The van der Waals surface area contributed by atoms with Crippen molar-refractivity contribution < 1.29 is 9.26 Å². The van der Waals surface area contributed by atoms with Gasteiger partial charge in [-0.3, -0.25) is 9.78 Å². The minimum absolute atomic E-state index is 0.213. The van der Waals surface area contributed by atoms with Gasteiger partial charge in [-0.25, -0.2) is 4.68 Å². The van der Waals surface area contributed by atoms with Gasteiger partial charge in [0, 0.05) is 23.4 Å². The molecule has 0 atom stereocenters. The quantitative estimate of drug-likeness (QED) is 0.432. The molecule has 0 radical (unpaired) electrons. The van der Waals surface area contributed by atoms with Crippen molar-refractivity contribution in [1.82, 2.24) is 30.1 Å². The topological polar surface area (TPSA) is 124 Å². The molecule has 166 valence electrons. The Morgan fingerprint density at radius 3 is 2.75 bits per heavy atom. The van der Waals surface area contributed by atoms with Crippen molar-refractivity contribution in [3.8, 4) is 16.9 Å². The predicted molar refractivity (Wildman–Crippen MR) is 118 cm³/mol. The van der Waals surface area contributed by atoms with Crippen LogP contribution in [-0.2, 0) is 13.2 Å². The standard InChI is InChI=1S/C22H25N7O3/c1-13(2)29-11-18(26-28-29)12-31-19-6-5-17(23-10-19)9-24-20-7-16(8-25-22(20)30)21-14(3)27-32-15(21)4/h5-8,10-11,13,24H,9,12H2,1-4H3,(H,25,30). The minimum atomic E-state index is -0.213. The molecular formula is C22H25N7O3. The number of aromatic nitrogens is 6. The molecule has 4 aromatic rings. The number of aryl methyl sites for hydroxylation is 2. The average Bonchev–Trinajstić information content (AvgIpc) is 3.39. The van der Waals surface area contributed by atoms with Crippen LogP contribution in [-0.4, -0.2) is 30.1 Å². The molecule has 0 bridgehead atoms. The fourth-order valence-corrected chi connectivity index (χ4v) is 3.23. The summed E-state index contributed by atoms with van der Waals surface area (Å²) in [6, 6.07) is 5.72. The Labute approximate surface area is 184 Å². The lowest BCUT2D eigenvalue weighted by Gasteiger charge is -2.08. The summed E-state index contributed by atoms with van der Waals surface area (Å²) in [6.45, 7) is 8.48. The molecule has 0 spiro atoms. The maximum Gasteiger partial charge on any atom is 0.271 e. The van der Waals surface area contributed by atoms with Crippen molar-refractivity contribution >= 4 is 5.69 Å². The first-order valence-corrected chi connectivity index (χ1v) is 10.3. The molecule has 0 amide bonds. The molecule has 0 aromatic carbocycles. The maximum atomic E-state index is 12.2. The second-order valence-electron chi connectivity index (χ2n) is 7.74. The molecule has 0 aliphatic heterocycles. The Hall–Kier alpha value is -3.95. The number of aromatic amines is 1. The molecule has 4 aromatic heterocycles. The third-order valence-electron chi connectivity index (χ3n) is 4.96. The Balaban J connectivity index is 1.38. The van der Waals surface area contributed by atoms with Crippen molar-refractivity contribution in [3.05, 3.63) is 70.0 Å². The average molecular weight is 435 g/mol. The maximum absolute atomic E-state index is 12.2. The van der Waals surface area contributed by atoms with E-state index in [1.165, 1.54) is 0 Å². The predicted octanol–water partition coefficient (Wildman–Crippen LogP) is 3.41. The van der Waals surface area contributed by atoms with E-state index >= 15 is 0 Å². The molecule has 0 aliphatic rings. The zero-order valence-corrected chi connectivity index (χ0v) is 18.4. The summed E-state index contributed by atoms with van der Waals surface area (Å²) in [5, 5.41) is 15.3. The van der Waals surface area contributed by atoms with Gasteiger partial charge in [0.25, 0.3) is 5.56 Å². The van der Waals surface area contributed by atoms with Gasteiger partial charge in [-0.1, -0.05) is 10.4 Å². The van der Waals surface area contributed by atoms with Crippen LogP contribution in [0.4, 0.5) is 5.69 Å². The molecule has 10 heteroatoms. The van der Waals surface area contributed by atoms with Crippen LogP contribution in [0.5, 0.6) is 5.75 Å². The van der Waals surface area contributed by atoms with Gasteiger partial charge in [0.1, 0.15) is 29.5 Å². The number of hydrogen-bond donors (Lipinski definition) is 2. The molecule has 0 fully saturated rings. The smallest absolute Gasteiger partial charge is 0.271 e. The molecule has 2 N–H and O–H groups in total. The summed E-state index contributed by atoms with van der Waals surface area (Å²) in [4.78, 5) is 19.4. The van der Waals surface area contributed by atoms with Crippen molar-refractivity contribution in [2.24, 2.45) is 0 Å². The number of hydrogen-bond acceptors (Lipinski definition) is 8. The van der Waals surface area contributed by atoms with E-state index in [9.17, 15) is 4.79 Å². The third-order valence-corrected chi connectivity index (χ3v) is 4.96. The fourth-order valence-electron chi connectivity index (χ4n) is 3.23. The highest BCUT2D eigenvalue weighted by molar-refractivity contribution is 5.70. The summed E-state index contributed by atoms with van der Waals surface area (Å²) < 4.78 is 12.7. The van der Waals surface area contributed by atoms with Gasteiger partial charge >= 0.3 is 0 Å². The van der Waals surface area contributed by atoms with E-state index in [-0.39, 0.29) is 11.6 Å². The van der Waals surface area contributed by atoms with Crippen LogP contribution in [0, 0.1) is 13.8 Å². The third kappa shape index (κ3) is 4.69. The number of H-pyrrole nitrogens is 1. The lowest BCUT2D eigenvalue weighted by Crippen LogP contribution is -2.14. The lowest BCUT2D eigenvalue weighted by atomic mass is 10.1. The van der Waals surface area contributed by atoms with E-state index in [0.29, 0.717) is 30.3 Å². The van der Waals surface area contributed by atoms with Gasteiger partial charge in [0.15, 0.2) is 0 Å². The number of pyridine rings is 2. The van der Waals surface area contributed by atoms with Crippen molar-refractivity contribution in [1.29, 1.82) is 0 Å². The first-order chi connectivity index (χ1) is 15.4. The monoisotopic (exact) mass is 435 g/mol. The first-order valence-electron chi connectivity index (χ1n) is 10.3. The van der Waals surface area contributed by atoms with Crippen LogP contribution in [0.1, 0.15) is 42.7 Å². The highest BCUT2D eigenvalue weighted by atomic mass is 16.5. The summed E-state index contributed by atoms with van der Waals surface area (Å²) in [5.41, 5.74) is 4.22. The van der Waals surface area contributed by atoms with Gasteiger partial charge in [-0.15, -0.1) is 5.10 Å². The molecule has 0 unspecified atom stereocenters. The van der Waals surface area contributed by atoms with Gasteiger partial charge in [0.05, 0.1) is 30.3 Å². The number of nitrogens with zero attached hydrogens (tertiary/aromatic N) is 5. The van der Waals surface area contributed by atoms with E-state index in [4.69, 9.17) is 9.26 Å². The summed E-state index contributed by atoms with van der Waals surface area (Å²) in [5.74, 6) is 1.33. The molecule has 4 heterocycles. The largest absolute Gasteiger partial charge is 0.486 e. The first kappa shape index (κ1) is 21.3. The van der Waals surface area contributed by atoms with E-state index in [1.54, 1.807) is 23.1 Å². The Morgan fingerprint density at radius 2 is 2.09 bits per heavy atom. The van der Waals surface area contributed by atoms with E-state index in [0.717, 1.165) is 28.2 Å². The second-order valence-corrected chi connectivity index (χ2v) is 7.74. The van der Waals surface area contributed by atoms with Crippen LogP contribution < -0.4 is 15.6 Å². The zero-order valence-electron chi connectivity index (χ0n) is 18.4. The Morgan fingerprint density at radius 1 is 1.25 bits per heavy atom. The fraction of sp³-hybridized carbons (Fsp3) is 0.318. The number of rotatable bonds is 8. The van der Waals surface area contributed by atoms with Crippen LogP contribution in [0.25, 0.3) is 11.1 Å². The van der Waals surface area contributed by atoms with Crippen molar-refractivity contribution in [2.45, 2.75) is 46.9 Å². The number of ether oxygens (including phenoxy) is 1. The number of nitrogens with one attached hydrogen (secondary N) is 2. The normalized spacial score (nSPS) is 11.2. The van der Waals surface area contributed by atoms with E-state index in [1.807, 2.05) is 46.0 Å². The van der Waals surface area contributed by atoms with E-state index < -0.39 is 0 Å². The molecule has 4 rings (SSSR count). The van der Waals surface area contributed by atoms with Gasteiger partial charge in [-0.2, -0.15) is 0 Å². The second kappa shape index (κ2) is 9.04. The zero-order chi connectivity index (χ0) is 22.7. The van der Waals surface area contributed by atoms with Crippen LogP contribution >= 0.6 is 0 Å². The molecule has 32 heavy (non-hydrogen) atoms. The van der Waals surface area contributed by atoms with Gasteiger partial charge < -0.3 is 19.6 Å². The van der Waals surface area contributed by atoms with Crippen LogP contribution in [0.2, 0.25) is 0 Å². The molecule has 0 aliphatic carbocycles. The molecule has 0 saturated carbocycles. The van der Waals surface area contributed by atoms with E-state index in [2.05, 4.69) is 30.8 Å². The molecular weight excluding hydrogens is 410 g/mol. The summed E-state index contributed by atoms with van der Waals surface area (Å²) >= 11 is 0.